The van der Waals surface area contributed by atoms with E-state index in [0.717, 1.165) is 5.56 Å². The number of hydrogen-bond donors (Lipinski definition) is 1. The number of likely N-dealkylation sites (N-methyl/N-ethyl adjacent to an activating group) is 1. The number of benzene rings is 1. The molecule has 96 valence electrons. The van der Waals surface area contributed by atoms with Gasteiger partial charge in [-0.15, -0.1) is 0 Å². The van der Waals surface area contributed by atoms with E-state index in [9.17, 15) is 10.1 Å². The zero-order valence-electron chi connectivity index (χ0n) is 10.6. The lowest BCUT2D eigenvalue weighted by Gasteiger charge is -2.21. The Morgan fingerprint density at radius 3 is 2.78 bits per heavy atom. The van der Waals surface area contributed by atoms with Crippen molar-refractivity contribution in [3.63, 3.8) is 0 Å². The first kappa shape index (κ1) is 13.9. The molecule has 0 heterocycles. The Morgan fingerprint density at radius 1 is 1.61 bits per heavy atom. The van der Waals surface area contributed by atoms with E-state index >= 15 is 0 Å². The number of aryl methyl sites for hydroxylation is 1. The monoisotopic (exact) mass is 249 g/mol. The van der Waals surface area contributed by atoms with Crippen LogP contribution in [0.3, 0.4) is 0 Å². The molecule has 0 aliphatic heterocycles. The number of nitrogens with one attached hydrogen (secondary N) is 1. The first-order chi connectivity index (χ1) is 8.41. The molecule has 1 N–H and O–H groups in total. The molecule has 0 radical (unpaired) electrons. The van der Waals surface area contributed by atoms with Crippen LogP contribution in [0.15, 0.2) is 18.2 Å². The minimum atomic E-state index is -0.822. The predicted octanol–water partition coefficient (Wildman–Crippen LogP) is 1.78. The molecule has 0 saturated carbocycles. The third-order valence-electron chi connectivity index (χ3n) is 2.70. The Hall–Kier alpha value is -2.13. The maximum atomic E-state index is 10.7. The fourth-order valence-electron chi connectivity index (χ4n) is 1.24. The van der Waals surface area contributed by atoms with E-state index in [1.807, 2.05) is 0 Å². The Kier molecular flexibility index (Phi) is 4.23. The number of nitrogens with zero attached hydrogens (tertiary/aromatic N) is 2. The number of nitriles is 1. The van der Waals surface area contributed by atoms with Crippen LogP contribution in [0.5, 0.6) is 5.75 Å². The molecule has 0 aliphatic carbocycles. The molecule has 1 aromatic carbocycles. The Balaban J connectivity index is 2.88. The molecule has 1 rings (SSSR count). The lowest BCUT2D eigenvalue weighted by molar-refractivity contribution is -0.385. The van der Waals surface area contributed by atoms with Gasteiger partial charge in [-0.1, -0.05) is 0 Å². The molecule has 0 aliphatic rings. The smallest absolute Gasteiger partial charge is 0.273 e. The molecule has 18 heavy (non-hydrogen) atoms. The van der Waals surface area contributed by atoms with E-state index in [4.69, 9.17) is 10.00 Å². The molecular formula is C12H15N3O3. The van der Waals surface area contributed by atoms with Crippen molar-refractivity contribution in [2.75, 3.05) is 13.7 Å². The maximum absolute atomic E-state index is 10.7. The van der Waals surface area contributed by atoms with Gasteiger partial charge in [-0.3, -0.25) is 15.4 Å². The molecule has 1 aromatic rings. The van der Waals surface area contributed by atoms with E-state index in [-0.39, 0.29) is 12.3 Å². The number of ether oxygens (including phenoxy) is 1. The largest absolute Gasteiger partial charge is 0.490 e. The van der Waals surface area contributed by atoms with Crippen molar-refractivity contribution in [3.05, 3.63) is 33.9 Å². The van der Waals surface area contributed by atoms with Crippen molar-refractivity contribution in [2.45, 2.75) is 19.4 Å². The average Bonchev–Trinajstić information content (AvgIpc) is 2.37. The van der Waals surface area contributed by atoms with Crippen LogP contribution in [0.25, 0.3) is 0 Å². The van der Waals surface area contributed by atoms with Gasteiger partial charge >= 0.3 is 0 Å². The van der Waals surface area contributed by atoms with Crippen LogP contribution < -0.4 is 10.1 Å². The van der Waals surface area contributed by atoms with Crippen molar-refractivity contribution in [2.24, 2.45) is 0 Å². The van der Waals surface area contributed by atoms with Crippen LogP contribution in [0.1, 0.15) is 12.5 Å². The summed E-state index contributed by atoms with van der Waals surface area (Å²) in [5.41, 5.74) is -0.0624. The van der Waals surface area contributed by atoms with Crippen LogP contribution in [-0.2, 0) is 0 Å². The Labute approximate surface area is 105 Å². The van der Waals surface area contributed by atoms with Gasteiger partial charge in [-0.2, -0.15) is 5.26 Å². The summed E-state index contributed by atoms with van der Waals surface area (Å²) in [7, 11) is 1.66. The van der Waals surface area contributed by atoms with E-state index < -0.39 is 10.5 Å². The summed E-state index contributed by atoms with van der Waals surface area (Å²) in [4.78, 5) is 10.2. The van der Waals surface area contributed by atoms with Gasteiger partial charge in [0.05, 0.1) is 17.1 Å². The summed E-state index contributed by atoms with van der Waals surface area (Å²) >= 11 is 0. The van der Waals surface area contributed by atoms with Crippen molar-refractivity contribution in [3.8, 4) is 11.8 Å². The van der Waals surface area contributed by atoms with Crippen LogP contribution in [0, 0.1) is 28.4 Å². The van der Waals surface area contributed by atoms with Crippen LogP contribution in [0.4, 0.5) is 5.69 Å². The van der Waals surface area contributed by atoms with Gasteiger partial charge in [0.15, 0.2) is 0 Å². The number of nitro groups is 1. The lowest BCUT2D eigenvalue weighted by Crippen LogP contribution is -2.43. The van der Waals surface area contributed by atoms with Crippen molar-refractivity contribution >= 4 is 5.69 Å². The summed E-state index contributed by atoms with van der Waals surface area (Å²) in [5.74, 6) is 0.418. The molecule has 0 aromatic heterocycles. The molecular weight excluding hydrogens is 234 g/mol. The summed E-state index contributed by atoms with van der Waals surface area (Å²) < 4.78 is 5.49. The quantitative estimate of drug-likeness (QED) is 0.634. The van der Waals surface area contributed by atoms with Gasteiger partial charge in [-0.25, -0.2) is 0 Å². The normalized spacial score (nSPS) is 13.4. The topological polar surface area (TPSA) is 88.2 Å². The summed E-state index contributed by atoms with van der Waals surface area (Å²) in [6.45, 7) is 3.60. The third kappa shape index (κ3) is 3.18. The molecule has 0 saturated heterocycles. The molecule has 0 bridgehead atoms. The lowest BCUT2D eigenvalue weighted by atomic mass is 10.1. The SMILES string of the molecule is CNC(C)(C#N)COc1cc([N+](=O)[O-])ccc1C. The third-order valence-corrected chi connectivity index (χ3v) is 2.70. The van der Waals surface area contributed by atoms with Gasteiger partial charge in [0.25, 0.3) is 5.69 Å². The van der Waals surface area contributed by atoms with E-state index in [1.54, 1.807) is 27.0 Å². The van der Waals surface area contributed by atoms with Crippen LogP contribution in [-0.4, -0.2) is 24.1 Å². The molecule has 1 unspecified atom stereocenters. The molecule has 6 nitrogen and oxygen atoms in total. The minimum absolute atomic E-state index is 0.0290. The van der Waals surface area contributed by atoms with E-state index in [0.29, 0.717) is 5.75 Å². The first-order valence-corrected chi connectivity index (χ1v) is 5.40. The van der Waals surface area contributed by atoms with Crippen molar-refractivity contribution in [1.82, 2.24) is 5.32 Å². The highest BCUT2D eigenvalue weighted by Gasteiger charge is 2.23. The predicted molar refractivity (Wildman–Crippen MR) is 66.4 cm³/mol. The average molecular weight is 249 g/mol. The van der Waals surface area contributed by atoms with Crippen molar-refractivity contribution in [1.29, 1.82) is 5.26 Å². The van der Waals surface area contributed by atoms with Gasteiger partial charge in [0, 0.05) is 6.07 Å². The summed E-state index contributed by atoms with van der Waals surface area (Å²) in [6.07, 6.45) is 0. The fourth-order valence-corrected chi connectivity index (χ4v) is 1.24. The maximum Gasteiger partial charge on any atom is 0.273 e. The number of hydrogen-bond acceptors (Lipinski definition) is 5. The zero-order valence-corrected chi connectivity index (χ0v) is 10.6. The van der Waals surface area contributed by atoms with Gasteiger partial charge in [-0.05, 0) is 32.5 Å². The fraction of sp³-hybridized carbons (Fsp3) is 0.417. The highest BCUT2D eigenvalue weighted by Crippen LogP contribution is 2.24. The van der Waals surface area contributed by atoms with Gasteiger partial charge in [0.1, 0.15) is 17.9 Å². The highest BCUT2D eigenvalue weighted by molar-refractivity contribution is 5.43. The van der Waals surface area contributed by atoms with E-state index in [2.05, 4.69) is 11.4 Å². The van der Waals surface area contributed by atoms with Gasteiger partial charge < -0.3 is 4.74 Å². The second kappa shape index (κ2) is 5.47. The molecule has 0 spiro atoms. The second-order valence-corrected chi connectivity index (χ2v) is 4.19. The molecule has 0 amide bonds. The first-order valence-electron chi connectivity index (χ1n) is 5.40. The Morgan fingerprint density at radius 2 is 2.28 bits per heavy atom. The molecule has 1 atom stereocenters. The number of rotatable bonds is 5. The minimum Gasteiger partial charge on any atom is -0.490 e. The zero-order chi connectivity index (χ0) is 13.8. The molecule has 6 heteroatoms. The van der Waals surface area contributed by atoms with Crippen LogP contribution in [0.2, 0.25) is 0 Å². The summed E-state index contributed by atoms with van der Waals surface area (Å²) in [6, 6.07) is 6.49. The molecule has 0 fully saturated rings. The summed E-state index contributed by atoms with van der Waals surface area (Å²) in [5, 5.41) is 22.5. The second-order valence-electron chi connectivity index (χ2n) is 4.19. The number of non-ortho nitro benzene ring substituents is 1. The van der Waals surface area contributed by atoms with Crippen LogP contribution >= 0.6 is 0 Å². The highest BCUT2D eigenvalue weighted by atomic mass is 16.6. The Bertz CT molecular complexity index is 496. The van der Waals surface area contributed by atoms with Crippen molar-refractivity contribution < 1.29 is 9.66 Å². The van der Waals surface area contributed by atoms with E-state index in [1.165, 1.54) is 12.1 Å². The standard InChI is InChI=1S/C12H15N3O3/c1-9-4-5-10(15(16)17)6-11(9)18-8-12(2,7-13)14-3/h4-6,14H,8H2,1-3H3. The van der Waals surface area contributed by atoms with Gasteiger partial charge in [0.2, 0.25) is 0 Å². The number of nitro benzene ring substituents is 1.